The van der Waals surface area contributed by atoms with E-state index in [0.717, 1.165) is 31.6 Å². The summed E-state index contributed by atoms with van der Waals surface area (Å²) in [5.41, 5.74) is 5.22. The predicted molar refractivity (Wildman–Crippen MR) is 145 cm³/mol. The molecule has 6 nitrogen and oxygen atoms in total. The second kappa shape index (κ2) is 12.4. The summed E-state index contributed by atoms with van der Waals surface area (Å²) in [5, 5.41) is 6.53. The molecule has 1 aliphatic rings. The Morgan fingerprint density at radius 3 is 2.50 bits per heavy atom. The lowest BCUT2D eigenvalue weighted by Gasteiger charge is -2.19. The largest absolute Gasteiger partial charge is 0.367 e. The topological polar surface area (TPSA) is 73.8 Å². The highest BCUT2D eigenvalue weighted by atomic mass is 127. The highest BCUT2D eigenvalue weighted by molar-refractivity contribution is 14.0. The number of sulfone groups is 1. The summed E-state index contributed by atoms with van der Waals surface area (Å²) in [5.74, 6) is 0.880. The zero-order valence-corrected chi connectivity index (χ0v) is 22.3. The lowest BCUT2D eigenvalue weighted by atomic mass is 10.1. The smallest absolute Gasteiger partial charge is 0.191 e. The van der Waals surface area contributed by atoms with E-state index in [2.05, 4.69) is 69.1 Å². The van der Waals surface area contributed by atoms with Crippen molar-refractivity contribution in [2.75, 3.05) is 30.0 Å². The molecule has 1 aliphatic heterocycles. The van der Waals surface area contributed by atoms with Crippen LogP contribution in [0.5, 0.6) is 0 Å². The fraction of sp³-hybridized carbons (Fsp3) is 0.458. The zero-order valence-electron chi connectivity index (χ0n) is 19.2. The maximum atomic E-state index is 11.4. The van der Waals surface area contributed by atoms with Crippen LogP contribution in [0.15, 0.2) is 53.5 Å². The van der Waals surface area contributed by atoms with E-state index in [0.29, 0.717) is 18.9 Å². The molecule has 0 amide bonds. The van der Waals surface area contributed by atoms with Crippen molar-refractivity contribution in [1.82, 2.24) is 10.6 Å². The molecular weight excluding hydrogens is 535 g/mol. The molecule has 2 aromatic carbocycles. The Kier molecular flexibility index (Phi) is 10.3. The molecule has 2 aromatic rings. The minimum absolute atomic E-state index is 0. The fourth-order valence-electron chi connectivity index (χ4n) is 3.73. The minimum Gasteiger partial charge on any atom is -0.367 e. The van der Waals surface area contributed by atoms with Gasteiger partial charge in [-0.05, 0) is 49.4 Å². The van der Waals surface area contributed by atoms with E-state index in [1.165, 1.54) is 23.1 Å². The van der Waals surface area contributed by atoms with Gasteiger partial charge in [-0.25, -0.2) is 13.4 Å². The average molecular weight is 571 g/mol. The van der Waals surface area contributed by atoms with Crippen molar-refractivity contribution in [1.29, 1.82) is 0 Å². The standard InChI is InChI=1S/C24H34N4O2S.HI/c1-4-25-24(27-19(2)14-16-31(3,29)30)26-17-20-9-11-21(12-10-20)18-28-15-13-22-7-5-6-8-23(22)28;/h5-12,19H,4,13-18H2,1-3H3,(H2,25,26,27);1H. The van der Waals surface area contributed by atoms with Crippen LogP contribution in [-0.4, -0.2) is 45.5 Å². The number of fused-ring (bicyclic) bond motifs is 1. The zero-order chi connectivity index (χ0) is 22.3. The molecule has 0 aliphatic carbocycles. The van der Waals surface area contributed by atoms with Gasteiger partial charge in [-0.2, -0.15) is 0 Å². The lowest BCUT2D eigenvalue weighted by Crippen LogP contribution is -2.42. The number of halogens is 1. The highest BCUT2D eigenvalue weighted by Crippen LogP contribution is 2.28. The molecule has 0 aromatic heterocycles. The molecule has 1 unspecified atom stereocenters. The summed E-state index contributed by atoms with van der Waals surface area (Å²) in [6.45, 7) is 7.30. The van der Waals surface area contributed by atoms with Gasteiger partial charge in [0.2, 0.25) is 0 Å². The number of benzene rings is 2. The van der Waals surface area contributed by atoms with Gasteiger partial charge in [0.25, 0.3) is 0 Å². The van der Waals surface area contributed by atoms with Crippen LogP contribution in [0.4, 0.5) is 5.69 Å². The predicted octanol–water partition coefficient (Wildman–Crippen LogP) is 3.75. The fourth-order valence-corrected chi connectivity index (χ4v) is 4.51. The third-order valence-corrected chi connectivity index (χ3v) is 6.43. The van der Waals surface area contributed by atoms with Gasteiger partial charge >= 0.3 is 0 Å². The Morgan fingerprint density at radius 2 is 1.81 bits per heavy atom. The highest BCUT2D eigenvalue weighted by Gasteiger charge is 2.18. The first-order valence-corrected chi connectivity index (χ1v) is 13.0. The number of aliphatic imine (C=N–C) groups is 1. The van der Waals surface area contributed by atoms with Gasteiger partial charge < -0.3 is 15.5 Å². The van der Waals surface area contributed by atoms with Crippen LogP contribution in [0.25, 0.3) is 0 Å². The molecule has 32 heavy (non-hydrogen) atoms. The molecular formula is C24H35IN4O2S. The third-order valence-electron chi connectivity index (χ3n) is 5.45. The van der Waals surface area contributed by atoms with Crippen LogP contribution < -0.4 is 15.5 Å². The van der Waals surface area contributed by atoms with Crippen LogP contribution in [-0.2, 0) is 29.3 Å². The van der Waals surface area contributed by atoms with Gasteiger partial charge in [-0.15, -0.1) is 24.0 Å². The second-order valence-electron chi connectivity index (χ2n) is 8.28. The number of hydrogen-bond acceptors (Lipinski definition) is 4. The molecule has 1 atom stereocenters. The number of nitrogens with one attached hydrogen (secondary N) is 2. The van der Waals surface area contributed by atoms with Gasteiger partial charge in [0.1, 0.15) is 9.84 Å². The number of guanidine groups is 1. The molecule has 0 saturated heterocycles. The van der Waals surface area contributed by atoms with Crippen LogP contribution in [0, 0.1) is 0 Å². The number of para-hydroxylation sites is 1. The molecule has 0 spiro atoms. The van der Waals surface area contributed by atoms with Gasteiger partial charge in [0, 0.05) is 37.6 Å². The normalized spacial score (nSPS) is 14.5. The van der Waals surface area contributed by atoms with E-state index < -0.39 is 9.84 Å². The summed E-state index contributed by atoms with van der Waals surface area (Å²) in [4.78, 5) is 7.10. The maximum absolute atomic E-state index is 11.4. The Balaban J connectivity index is 0.00000363. The molecule has 1 heterocycles. The van der Waals surface area contributed by atoms with Crippen molar-refractivity contribution in [2.45, 2.75) is 45.8 Å². The van der Waals surface area contributed by atoms with E-state index in [9.17, 15) is 8.42 Å². The first kappa shape index (κ1) is 26.4. The van der Waals surface area contributed by atoms with Crippen molar-refractivity contribution >= 4 is 45.5 Å². The summed E-state index contributed by atoms with van der Waals surface area (Å²) in [6.07, 6.45) is 2.94. The Labute approximate surface area is 209 Å². The molecule has 8 heteroatoms. The van der Waals surface area contributed by atoms with Crippen molar-refractivity contribution in [2.24, 2.45) is 4.99 Å². The molecule has 3 rings (SSSR count). The average Bonchev–Trinajstić information content (AvgIpc) is 3.14. The maximum Gasteiger partial charge on any atom is 0.191 e. The van der Waals surface area contributed by atoms with Crippen molar-refractivity contribution in [3.05, 3.63) is 65.2 Å². The summed E-state index contributed by atoms with van der Waals surface area (Å²) in [7, 11) is -2.96. The van der Waals surface area contributed by atoms with Gasteiger partial charge in [0.15, 0.2) is 5.96 Å². The Hall–Kier alpha value is -1.81. The first-order chi connectivity index (χ1) is 14.8. The van der Waals surface area contributed by atoms with Gasteiger partial charge in [0.05, 0.1) is 12.3 Å². The Morgan fingerprint density at radius 1 is 1.12 bits per heavy atom. The van der Waals surface area contributed by atoms with Gasteiger partial charge in [-0.1, -0.05) is 42.5 Å². The van der Waals surface area contributed by atoms with Crippen LogP contribution in [0.1, 0.15) is 37.0 Å². The summed E-state index contributed by atoms with van der Waals surface area (Å²) in [6, 6.07) is 17.3. The molecule has 0 fully saturated rings. The van der Waals surface area contributed by atoms with E-state index in [1.54, 1.807) is 0 Å². The van der Waals surface area contributed by atoms with E-state index in [1.807, 2.05) is 13.8 Å². The first-order valence-electron chi connectivity index (χ1n) is 11.0. The van der Waals surface area contributed by atoms with Gasteiger partial charge in [-0.3, -0.25) is 0 Å². The molecule has 0 radical (unpaired) electrons. The van der Waals surface area contributed by atoms with Crippen molar-refractivity contribution in [3.63, 3.8) is 0 Å². The lowest BCUT2D eigenvalue weighted by molar-refractivity contribution is 0.581. The quantitative estimate of drug-likeness (QED) is 0.273. The SMILES string of the molecule is CCNC(=NCc1ccc(CN2CCc3ccccc32)cc1)NC(C)CCS(C)(=O)=O.I. The van der Waals surface area contributed by atoms with E-state index >= 15 is 0 Å². The molecule has 2 N–H and O–H groups in total. The molecule has 0 saturated carbocycles. The van der Waals surface area contributed by atoms with E-state index in [4.69, 9.17) is 0 Å². The molecule has 0 bridgehead atoms. The monoisotopic (exact) mass is 570 g/mol. The Bertz CT molecular complexity index is 993. The molecule has 176 valence electrons. The van der Waals surface area contributed by atoms with Crippen molar-refractivity contribution < 1.29 is 8.42 Å². The number of anilines is 1. The number of nitrogens with zero attached hydrogens (tertiary/aromatic N) is 2. The third kappa shape index (κ3) is 8.27. The van der Waals surface area contributed by atoms with E-state index in [-0.39, 0.29) is 35.8 Å². The van der Waals surface area contributed by atoms with Crippen LogP contribution in [0.2, 0.25) is 0 Å². The van der Waals surface area contributed by atoms with Crippen LogP contribution in [0.3, 0.4) is 0 Å². The number of hydrogen-bond donors (Lipinski definition) is 2. The summed E-state index contributed by atoms with van der Waals surface area (Å²) >= 11 is 0. The van der Waals surface area contributed by atoms with Crippen molar-refractivity contribution in [3.8, 4) is 0 Å². The minimum atomic E-state index is -2.96. The summed E-state index contributed by atoms with van der Waals surface area (Å²) < 4.78 is 22.8. The number of rotatable bonds is 9. The van der Waals surface area contributed by atoms with Crippen LogP contribution >= 0.6 is 24.0 Å². The second-order valence-corrected chi connectivity index (χ2v) is 10.5.